The van der Waals surface area contributed by atoms with E-state index in [4.69, 9.17) is 11.6 Å². The van der Waals surface area contributed by atoms with Crippen molar-refractivity contribution in [2.24, 2.45) is 0 Å². The molecule has 0 atom stereocenters. The largest absolute Gasteiger partial charge is 0.310 e. The Morgan fingerprint density at radius 2 is 2.15 bits per heavy atom. The number of nitrogens with zero attached hydrogens (tertiary/aromatic N) is 3. The summed E-state index contributed by atoms with van der Waals surface area (Å²) in [7, 11) is 0. The molecule has 26 heavy (non-hydrogen) atoms. The molecule has 3 heterocycles. The third-order valence-electron chi connectivity index (χ3n) is 4.62. The fraction of sp³-hybridized carbons (Fsp3) is 0.250. The van der Waals surface area contributed by atoms with Gasteiger partial charge in [0.25, 0.3) is 5.56 Å². The number of fused-ring (bicyclic) bond motifs is 1. The van der Waals surface area contributed by atoms with E-state index < -0.39 is 0 Å². The first-order valence-electron chi connectivity index (χ1n) is 8.60. The second kappa shape index (κ2) is 7.02. The fourth-order valence-corrected chi connectivity index (χ4v) is 3.53. The molecule has 0 aliphatic carbocycles. The van der Waals surface area contributed by atoms with Crippen LogP contribution in [0.1, 0.15) is 22.6 Å². The molecule has 1 aliphatic heterocycles. The van der Waals surface area contributed by atoms with E-state index in [1.807, 2.05) is 43.5 Å². The van der Waals surface area contributed by atoms with Gasteiger partial charge in [0.05, 0.1) is 17.0 Å². The van der Waals surface area contributed by atoms with Gasteiger partial charge in [0.1, 0.15) is 5.82 Å². The number of rotatable bonds is 3. The van der Waals surface area contributed by atoms with Gasteiger partial charge in [0.2, 0.25) is 0 Å². The normalized spacial score (nSPS) is 14.2. The van der Waals surface area contributed by atoms with Gasteiger partial charge in [-0.2, -0.15) is 0 Å². The number of pyridine rings is 1. The van der Waals surface area contributed by atoms with Crippen LogP contribution in [0, 0.1) is 6.92 Å². The van der Waals surface area contributed by atoms with E-state index in [1.54, 1.807) is 0 Å². The minimum absolute atomic E-state index is 0.0216. The van der Waals surface area contributed by atoms with Crippen LogP contribution in [-0.4, -0.2) is 26.4 Å². The highest BCUT2D eigenvalue weighted by atomic mass is 35.5. The molecule has 6 heteroatoms. The Morgan fingerprint density at radius 3 is 2.92 bits per heavy atom. The molecule has 0 saturated heterocycles. The van der Waals surface area contributed by atoms with Crippen LogP contribution < -0.4 is 5.56 Å². The molecule has 3 aromatic rings. The number of aryl methyl sites for hydroxylation is 1. The standard InChI is InChI=1S/C20H19ClN4O/c1-13-23-19-7-8-25(12-17(19)20(26)24-13)11-14-5-6-18(22-10-14)15-3-2-4-16(21)9-15/h2-6,9-10H,7-8,11-12H2,1H3,(H,23,24,26). The first kappa shape index (κ1) is 16.9. The third-order valence-corrected chi connectivity index (χ3v) is 4.85. The molecule has 0 spiro atoms. The molecule has 0 unspecified atom stereocenters. The number of halogens is 1. The van der Waals surface area contributed by atoms with Crippen LogP contribution in [0.25, 0.3) is 11.3 Å². The quantitative estimate of drug-likeness (QED) is 0.772. The predicted octanol–water partition coefficient (Wildman–Crippen LogP) is 3.35. The van der Waals surface area contributed by atoms with Crippen molar-refractivity contribution in [3.63, 3.8) is 0 Å². The number of benzene rings is 1. The highest BCUT2D eigenvalue weighted by molar-refractivity contribution is 6.30. The van der Waals surface area contributed by atoms with Crippen LogP contribution in [0.4, 0.5) is 0 Å². The number of hydrogen-bond donors (Lipinski definition) is 1. The summed E-state index contributed by atoms with van der Waals surface area (Å²) >= 11 is 6.05. The summed E-state index contributed by atoms with van der Waals surface area (Å²) < 4.78 is 0. The zero-order valence-corrected chi connectivity index (χ0v) is 15.3. The van der Waals surface area contributed by atoms with Gasteiger partial charge in [0.15, 0.2) is 0 Å². The molecule has 0 fully saturated rings. The second-order valence-electron chi connectivity index (χ2n) is 6.60. The summed E-state index contributed by atoms with van der Waals surface area (Å²) in [4.78, 5) is 26.2. The molecular formula is C20H19ClN4O. The summed E-state index contributed by atoms with van der Waals surface area (Å²) in [6, 6.07) is 11.8. The van der Waals surface area contributed by atoms with Gasteiger partial charge in [-0.1, -0.05) is 29.8 Å². The van der Waals surface area contributed by atoms with Crippen LogP contribution in [0.15, 0.2) is 47.4 Å². The molecule has 132 valence electrons. The van der Waals surface area contributed by atoms with Gasteiger partial charge in [-0.3, -0.25) is 14.7 Å². The highest BCUT2D eigenvalue weighted by Gasteiger charge is 2.20. The Bertz CT molecular complexity index is 997. The van der Waals surface area contributed by atoms with Crippen LogP contribution in [0.5, 0.6) is 0 Å². The minimum atomic E-state index is -0.0216. The molecule has 1 N–H and O–H groups in total. The lowest BCUT2D eigenvalue weighted by atomic mass is 10.1. The Morgan fingerprint density at radius 1 is 1.27 bits per heavy atom. The molecule has 5 nitrogen and oxygen atoms in total. The van der Waals surface area contributed by atoms with Crippen molar-refractivity contribution < 1.29 is 0 Å². The first-order valence-corrected chi connectivity index (χ1v) is 8.98. The minimum Gasteiger partial charge on any atom is -0.310 e. The number of aromatic nitrogens is 3. The second-order valence-corrected chi connectivity index (χ2v) is 7.04. The van der Waals surface area contributed by atoms with Crippen molar-refractivity contribution in [1.29, 1.82) is 0 Å². The zero-order chi connectivity index (χ0) is 18.1. The van der Waals surface area contributed by atoms with E-state index in [0.717, 1.165) is 47.6 Å². The summed E-state index contributed by atoms with van der Waals surface area (Å²) in [5, 5.41) is 0.703. The summed E-state index contributed by atoms with van der Waals surface area (Å²) in [6.07, 6.45) is 2.69. The van der Waals surface area contributed by atoms with Gasteiger partial charge < -0.3 is 4.98 Å². The van der Waals surface area contributed by atoms with Crippen molar-refractivity contribution in [1.82, 2.24) is 19.9 Å². The lowest BCUT2D eigenvalue weighted by Crippen LogP contribution is -2.35. The number of nitrogens with one attached hydrogen (secondary N) is 1. The molecule has 0 radical (unpaired) electrons. The lowest BCUT2D eigenvalue weighted by Gasteiger charge is -2.27. The van der Waals surface area contributed by atoms with Crippen molar-refractivity contribution >= 4 is 11.6 Å². The van der Waals surface area contributed by atoms with Crippen molar-refractivity contribution in [2.45, 2.75) is 26.4 Å². The highest BCUT2D eigenvalue weighted by Crippen LogP contribution is 2.22. The van der Waals surface area contributed by atoms with Gasteiger partial charge in [-0.25, -0.2) is 4.98 Å². The maximum absolute atomic E-state index is 12.2. The fourth-order valence-electron chi connectivity index (χ4n) is 3.33. The molecule has 1 aromatic carbocycles. The van der Waals surface area contributed by atoms with E-state index in [2.05, 4.69) is 25.9 Å². The Balaban J connectivity index is 1.49. The van der Waals surface area contributed by atoms with E-state index in [-0.39, 0.29) is 5.56 Å². The molecule has 0 bridgehead atoms. The molecule has 2 aromatic heterocycles. The van der Waals surface area contributed by atoms with Crippen molar-refractivity contribution in [2.75, 3.05) is 6.54 Å². The molecular weight excluding hydrogens is 348 g/mol. The predicted molar refractivity (Wildman–Crippen MR) is 102 cm³/mol. The zero-order valence-electron chi connectivity index (χ0n) is 14.5. The lowest BCUT2D eigenvalue weighted by molar-refractivity contribution is 0.241. The summed E-state index contributed by atoms with van der Waals surface area (Å²) in [5.41, 5.74) is 4.71. The third kappa shape index (κ3) is 3.54. The number of H-pyrrole nitrogens is 1. The molecule has 0 amide bonds. The van der Waals surface area contributed by atoms with E-state index in [1.165, 1.54) is 0 Å². The van der Waals surface area contributed by atoms with Gasteiger partial charge in [-0.05, 0) is 30.7 Å². The number of hydrogen-bond acceptors (Lipinski definition) is 4. The van der Waals surface area contributed by atoms with E-state index in [9.17, 15) is 4.79 Å². The molecule has 0 saturated carbocycles. The van der Waals surface area contributed by atoms with Crippen LogP contribution >= 0.6 is 11.6 Å². The van der Waals surface area contributed by atoms with Crippen molar-refractivity contribution in [3.8, 4) is 11.3 Å². The Kier molecular flexibility index (Phi) is 4.57. The van der Waals surface area contributed by atoms with Crippen LogP contribution in [0.3, 0.4) is 0 Å². The average Bonchev–Trinajstić information content (AvgIpc) is 2.63. The average molecular weight is 367 g/mol. The maximum atomic E-state index is 12.2. The Hall–Kier alpha value is -2.50. The van der Waals surface area contributed by atoms with E-state index in [0.29, 0.717) is 17.4 Å². The SMILES string of the molecule is Cc1nc2c(c(=O)[nH]1)CN(Cc1ccc(-c3cccc(Cl)c3)nc1)CC2. The van der Waals surface area contributed by atoms with Gasteiger partial charge >= 0.3 is 0 Å². The van der Waals surface area contributed by atoms with Crippen molar-refractivity contribution in [3.05, 3.63) is 80.6 Å². The van der Waals surface area contributed by atoms with Gasteiger partial charge in [0, 0.05) is 42.8 Å². The number of aromatic amines is 1. The van der Waals surface area contributed by atoms with Crippen LogP contribution in [0.2, 0.25) is 5.02 Å². The topological polar surface area (TPSA) is 61.9 Å². The maximum Gasteiger partial charge on any atom is 0.255 e. The monoisotopic (exact) mass is 366 g/mol. The van der Waals surface area contributed by atoms with Gasteiger partial charge in [-0.15, -0.1) is 0 Å². The summed E-state index contributed by atoms with van der Waals surface area (Å²) in [6.45, 7) is 4.09. The Labute approximate surface area is 156 Å². The first-order chi connectivity index (χ1) is 12.6. The molecule has 4 rings (SSSR count). The van der Waals surface area contributed by atoms with E-state index >= 15 is 0 Å². The summed E-state index contributed by atoms with van der Waals surface area (Å²) in [5.74, 6) is 0.683. The van der Waals surface area contributed by atoms with Crippen LogP contribution in [-0.2, 0) is 19.5 Å². The smallest absolute Gasteiger partial charge is 0.255 e. The molecule has 1 aliphatic rings.